The molecule has 0 aliphatic heterocycles. The van der Waals surface area contributed by atoms with Crippen molar-refractivity contribution >= 4 is 17.7 Å². The Morgan fingerprint density at radius 3 is 2.30 bits per heavy atom. The molecule has 0 N–H and O–H groups in total. The standard InChI is InChI=1S/C18H18N2O3/c1-14-3-5-16(6-4-14)13-19(2)18(21)12-9-15-7-10-17(11-8-15)20(22)23/h3-12H,13H2,1-2H3/b12-9+. The van der Waals surface area contributed by atoms with Gasteiger partial charge in [-0.1, -0.05) is 29.8 Å². The Morgan fingerprint density at radius 2 is 1.74 bits per heavy atom. The predicted molar refractivity (Wildman–Crippen MR) is 89.8 cm³/mol. The molecule has 2 aromatic carbocycles. The highest BCUT2D eigenvalue weighted by molar-refractivity contribution is 5.91. The minimum Gasteiger partial charge on any atom is -0.338 e. The molecule has 23 heavy (non-hydrogen) atoms. The molecule has 0 spiro atoms. The summed E-state index contributed by atoms with van der Waals surface area (Å²) < 4.78 is 0. The fourth-order valence-corrected chi connectivity index (χ4v) is 2.05. The number of benzene rings is 2. The molecule has 0 saturated carbocycles. The van der Waals surface area contributed by atoms with Crippen molar-refractivity contribution in [2.75, 3.05) is 7.05 Å². The smallest absolute Gasteiger partial charge is 0.269 e. The topological polar surface area (TPSA) is 63.5 Å². The zero-order valence-electron chi connectivity index (χ0n) is 13.1. The second kappa shape index (κ2) is 7.35. The van der Waals surface area contributed by atoms with Crippen molar-refractivity contribution in [1.29, 1.82) is 0 Å². The number of nitro groups is 1. The van der Waals surface area contributed by atoms with Crippen LogP contribution in [0.3, 0.4) is 0 Å². The third-order valence-electron chi connectivity index (χ3n) is 3.44. The van der Waals surface area contributed by atoms with Crippen LogP contribution in [0, 0.1) is 17.0 Å². The van der Waals surface area contributed by atoms with E-state index in [-0.39, 0.29) is 11.6 Å². The van der Waals surface area contributed by atoms with Crippen molar-refractivity contribution in [3.05, 3.63) is 81.4 Å². The number of hydrogen-bond acceptors (Lipinski definition) is 3. The molecule has 2 aromatic rings. The maximum Gasteiger partial charge on any atom is 0.269 e. The van der Waals surface area contributed by atoms with Crippen LogP contribution in [0.2, 0.25) is 0 Å². The number of non-ortho nitro benzene ring substituents is 1. The van der Waals surface area contributed by atoms with Crippen LogP contribution >= 0.6 is 0 Å². The first-order chi connectivity index (χ1) is 11.0. The van der Waals surface area contributed by atoms with Gasteiger partial charge in [0.05, 0.1) is 4.92 Å². The van der Waals surface area contributed by atoms with Crippen molar-refractivity contribution < 1.29 is 9.72 Å². The molecule has 0 aromatic heterocycles. The molecule has 5 heteroatoms. The zero-order valence-corrected chi connectivity index (χ0v) is 13.1. The highest BCUT2D eigenvalue weighted by Crippen LogP contribution is 2.13. The molecular weight excluding hydrogens is 292 g/mol. The van der Waals surface area contributed by atoms with Crippen LogP contribution in [0.25, 0.3) is 6.08 Å². The second-order valence-corrected chi connectivity index (χ2v) is 5.36. The van der Waals surface area contributed by atoms with Crippen LogP contribution < -0.4 is 0 Å². The Kier molecular flexibility index (Phi) is 5.25. The van der Waals surface area contributed by atoms with E-state index in [2.05, 4.69) is 0 Å². The molecule has 0 fully saturated rings. The normalized spacial score (nSPS) is 10.7. The molecule has 0 saturated heterocycles. The van der Waals surface area contributed by atoms with Gasteiger partial charge in [-0.25, -0.2) is 0 Å². The average Bonchev–Trinajstić information content (AvgIpc) is 2.55. The van der Waals surface area contributed by atoms with E-state index in [1.807, 2.05) is 31.2 Å². The van der Waals surface area contributed by atoms with Gasteiger partial charge in [0.2, 0.25) is 5.91 Å². The molecule has 0 unspecified atom stereocenters. The third-order valence-corrected chi connectivity index (χ3v) is 3.44. The minimum atomic E-state index is -0.450. The van der Waals surface area contributed by atoms with E-state index < -0.39 is 4.92 Å². The first kappa shape index (κ1) is 16.4. The van der Waals surface area contributed by atoms with E-state index in [1.54, 1.807) is 30.2 Å². The van der Waals surface area contributed by atoms with Crippen LogP contribution in [-0.4, -0.2) is 22.8 Å². The fourth-order valence-electron chi connectivity index (χ4n) is 2.05. The van der Waals surface area contributed by atoms with Gasteiger partial charge in [-0.3, -0.25) is 14.9 Å². The lowest BCUT2D eigenvalue weighted by Gasteiger charge is -2.15. The molecule has 1 amide bonds. The number of likely N-dealkylation sites (N-methyl/N-ethyl adjacent to an activating group) is 1. The van der Waals surface area contributed by atoms with Crippen LogP contribution in [-0.2, 0) is 11.3 Å². The Hall–Kier alpha value is -2.95. The summed E-state index contributed by atoms with van der Waals surface area (Å²) in [6, 6.07) is 14.1. The first-order valence-electron chi connectivity index (χ1n) is 7.19. The number of amides is 1. The molecule has 0 aliphatic rings. The quantitative estimate of drug-likeness (QED) is 0.482. The van der Waals surface area contributed by atoms with Crippen LogP contribution in [0.5, 0.6) is 0 Å². The number of rotatable bonds is 5. The number of nitrogens with zero attached hydrogens (tertiary/aromatic N) is 2. The third kappa shape index (κ3) is 4.78. The Morgan fingerprint density at radius 1 is 1.13 bits per heavy atom. The summed E-state index contributed by atoms with van der Waals surface area (Å²) in [5.74, 6) is -0.121. The van der Waals surface area contributed by atoms with Crippen LogP contribution in [0.4, 0.5) is 5.69 Å². The second-order valence-electron chi connectivity index (χ2n) is 5.36. The molecule has 0 aliphatic carbocycles. The SMILES string of the molecule is Cc1ccc(CN(C)C(=O)/C=C/c2ccc([N+](=O)[O-])cc2)cc1. The highest BCUT2D eigenvalue weighted by atomic mass is 16.6. The molecule has 0 heterocycles. The molecule has 0 bridgehead atoms. The molecule has 2 rings (SSSR count). The van der Waals surface area contributed by atoms with Gasteiger partial charge in [0.1, 0.15) is 0 Å². The maximum atomic E-state index is 12.1. The van der Waals surface area contributed by atoms with Crippen molar-refractivity contribution in [2.45, 2.75) is 13.5 Å². The zero-order chi connectivity index (χ0) is 16.8. The Balaban J connectivity index is 1.97. The van der Waals surface area contributed by atoms with Crippen LogP contribution in [0.15, 0.2) is 54.6 Å². The van der Waals surface area contributed by atoms with E-state index >= 15 is 0 Å². The van der Waals surface area contributed by atoms with Crippen molar-refractivity contribution in [3.8, 4) is 0 Å². The lowest BCUT2D eigenvalue weighted by molar-refractivity contribution is -0.384. The largest absolute Gasteiger partial charge is 0.338 e. The monoisotopic (exact) mass is 310 g/mol. The van der Waals surface area contributed by atoms with Gasteiger partial charge in [-0.2, -0.15) is 0 Å². The summed E-state index contributed by atoms with van der Waals surface area (Å²) in [6.07, 6.45) is 3.12. The Labute approximate surface area is 135 Å². The summed E-state index contributed by atoms with van der Waals surface area (Å²) in [5, 5.41) is 10.6. The van der Waals surface area contributed by atoms with E-state index in [0.29, 0.717) is 6.54 Å². The number of carbonyl (C=O) groups excluding carboxylic acids is 1. The van der Waals surface area contributed by atoms with E-state index in [9.17, 15) is 14.9 Å². The lowest BCUT2D eigenvalue weighted by atomic mass is 10.1. The van der Waals surface area contributed by atoms with Crippen molar-refractivity contribution in [3.63, 3.8) is 0 Å². The van der Waals surface area contributed by atoms with Gasteiger partial charge < -0.3 is 4.90 Å². The lowest BCUT2D eigenvalue weighted by Crippen LogP contribution is -2.24. The van der Waals surface area contributed by atoms with Crippen molar-refractivity contribution in [1.82, 2.24) is 4.90 Å². The van der Waals surface area contributed by atoms with Crippen LogP contribution in [0.1, 0.15) is 16.7 Å². The van der Waals surface area contributed by atoms with Gasteiger partial charge in [-0.15, -0.1) is 0 Å². The van der Waals surface area contributed by atoms with E-state index in [1.165, 1.54) is 23.8 Å². The molecule has 0 atom stereocenters. The van der Waals surface area contributed by atoms with Crippen molar-refractivity contribution in [2.24, 2.45) is 0 Å². The summed E-state index contributed by atoms with van der Waals surface area (Å²) in [7, 11) is 1.74. The Bertz CT molecular complexity index is 719. The summed E-state index contributed by atoms with van der Waals surface area (Å²) >= 11 is 0. The maximum absolute atomic E-state index is 12.1. The average molecular weight is 310 g/mol. The summed E-state index contributed by atoms with van der Waals surface area (Å²) in [4.78, 5) is 23.8. The fraction of sp³-hybridized carbons (Fsp3) is 0.167. The van der Waals surface area contributed by atoms with Gasteiger partial charge in [0, 0.05) is 31.8 Å². The molecule has 118 valence electrons. The number of carbonyl (C=O) groups is 1. The number of hydrogen-bond donors (Lipinski definition) is 0. The van der Waals surface area contributed by atoms with Gasteiger partial charge in [-0.05, 0) is 36.3 Å². The van der Waals surface area contributed by atoms with E-state index in [0.717, 1.165) is 11.1 Å². The molecule has 0 radical (unpaired) electrons. The molecular formula is C18H18N2O3. The summed E-state index contributed by atoms with van der Waals surface area (Å²) in [5.41, 5.74) is 3.02. The van der Waals surface area contributed by atoms with E-state index in [4.69, 9.17) is 0 Å². The minimum absolute atomic E-state index is 0.0324. The summed E-state index contributed by atoms with van der Waals surface area (Å²) in [6.45, 7) is 2.55. The van der Waals surface area contributed by atoms with Gasteiger partial charge in [0.15, 0.2) is 0 Å². The van der Waals surface area contributed by atoms with Gasteiger partial charge in [0.25, 0.3) is 5.69 Å². The first-order valence-corrected chi connectivity index (χ1v) is 7.19. The highest BCUT2D eigenvalue weighted by Gasteiger charge is 2.06. The predicted octanol–water partition coefficient (Wildman–Crippen LogP) is 3.58. The molecule has 5 nitrogen and oxygen atoms in total. The number of aryl methyl sites for hydroxylation is 1. The number of nitro benzene ring substituents is 1. The van der Waals surface area contributed by atoms with Gasteiger partial charge >= 0.3 is 0 Å².